The highest BCUT2D eigenvalue weighted by atomic mass is 16.5. The van der Waals surface area contributed by atoms with E-state index in [9.17, 15) is 4.79 Å². The quantitative estimate of drug-likeness (QED) is 0.717. The zero-order valence-corrected chi connectivity index (χ0v) is 9.72. The Morgan fingerprint density at radius 3 is 2.75 bits per heavy atom. The van der Waals surface area contributed by atoms with E-state index in [2.05, 4.69) is 22.0 Å². The van der Waals surface area contributed by atoms with Crippen molar-refractivity contribution in [1.29, 1.82) is 0 Å². The van der Waals surface area contributed by atoms with Gasteiger partial charge in [-0.25, -0.2) is 9.48 Å². The maximum atomic E-state index is 11.2. The van der Waals surface area contributed by atoms with Crippen molar-refractivity contribution in [3.63, 3.8) is 0 Å². The maximum Gasteiger partial charge on any atom is 0.360 e. The molecule has 0 atom stereocenters. The molecule has 0 aromatic carbocycles. The monoisotopic (exact) mass is 223 g/mol. The third kappa shape index (κ3) is 2.23. The molecule has 0 saturated heterocycles. The second kappa shape index (κ2) is 4.63. The first-order valence-corrected chi connectivity index (χ1v) is 5.71. The summed E-state index contributed by atoms with van der Waals surface area (Å²) in [6.07, 6.45) is 6.36. The molecule has 0 unspecified atom stereocenters. The molecule has 0 amide bonds. The molecule has 1 aromatic heterocycles. The van der Waals surface area contributed by atoms with E-state index in [1.165, 1.54) is 20.0 Å². The topological polar surface area (TPSA) is 57.0 Å². The SMILES string of the molecule is COC(=O)c1cn(C2CCC(C)CC2)nn1. The van der Waals surface area contributed by atoms with E-state index >= 15 is 0 Å². The van der Waals surface area contributed by atoms with Crippen molar-refractivity contribution < 1.29 is 9.53 Å². The minimum Gasteiger partial charge on any atom is -0.464 e. The molecule has 1 aliphatic rings. The van der Waals surface area contributed by atoms with Crippen LogP contribution in [0.3, 0.4) is 0 Å². The van der Waals surface area contributed by atoms with Crippen LogP contribution in [0.15, 0.2) is 6.20 Å². The first-order valence-electron chi connectivity index (χ1n) is 5.71. The normalized spacial score (nSPS) is 25.4. The van der Waals surface area contributed by atoms with Crippen LogP contribution in [0.5, 0.6) is 0 Å². The zero-order valence-electron chi connectivity index (χ0n) is 9.72. The lowest BCUT2D eigenvalue weighted by Crippen LogP contribution is -2.17. The summed E-state index contributed by atoms with van der Waals surface area (Å²) in [6.45, 7) is 2.28. The molecule has 2 rings (SSSR count). The first-order chi connectivity index (χ1) is 7.70. The predicted octanol–water partition coefficient (Wildman–Crippen LogP) is 1.82. The Balaban J connectivity index is 2.04. The van der Waals surface area contributed by atoms with Crippen molar-refractivity contribution in [1.82, 2.24) is 15.0 Å². The molecule has 1 aliphatic carbocycles. The van der Waals surface area contributed by atoms with Crippen LogP contribution in [0.25, 0.3) is 0 Å². The lowest BCUT2D eigenvalue weighted by atomic mass is 9.87. The number of ether oxygens (including phenoxy) is 1. The average molecular weight is 223 g/mol. The van der Waals surface area contributed by atoms with Crippen molar-refractivity contribution in [3.8, 4) is 0 Å². The molecule has 5 heteroatoms. The fourth-order valence-electron chi connectivity index (χ4n) is 2.16. The van der Waals surface area contributed by atoms with Crippen molar-refractivity contribution in [2.24, 2.45) is 5.92 Å². The number of rotatable bonds is 2. The Hall–Kier alpha value is -1.39. The summed E-state index contributed by atoms with van der Waals surface area (Å²) >= 11 is 0. The number of hydrogen-bond acceptors (Lipinski definition) is 4. The van der Waals surface area contributed by atoms with Crippen LogP contribution < -0.4 is 0 Å². The smallest absolute Gasteiger partial charge is 0.360 e. The molecule has 0 N–H and O–H groups in total. The van der Waals surface area contributed by atoms with E-state index < -0.39 is 5.97 Å². The summed E-state index contributed by atoms with van der Waals surface area (Å²) < 4.78 is 6.40. The Morgan fingerprint density at radius 2 is 2.12 bits per heavy atom. The minimum atomic E-state index is -0.421. The third-order valence-electron chi connectivity index (χ3n) is 3.26. The van der Waals surface area contributed by atoms with Crippen molar-refractivity contribution >= 4 is 5.97 Å². The van der Waals surface area contributed by atoms with Crippen LogP contribution in [0.2, 0.25) is 0 Å². The second-order valence-electron chi connectivity index (χ2n) is 4.49. The maximum absolute atomic E-state index is 11.2. The van der Waals surface area contributed by atoms with Gasteiger partial charge in [-0.15, -0.1) is 5.10 Å². The number of carbonyl (C=O) groups is 1. The third-order valence-corrected chi connectivity index (χ3v) is 3.26. The van der Waals surface area contributed by atoms with Crippen LogP contribution in [-0.2, 0) is 4.74 Å². The van der Waals surface area contributed by atoms with E-state index in [4.69, 9.17) is 0 Å². The average Bonchev–Trinajstić information content (AvgIpc) is 2.78. The van der Waals surface area contributed by atoms with Crippen LogP contribution in [0, 0.1) is 5.92 Å². The lowest BCUT2D eigenvalue weighted by Gasteiger charge is -2.25. The number of esters is 1. The molecular formula is C11H17N3O2. The van der Waals surface area contributed by atoms with Gasteiger partial charge >= 0.3 is 5.97 Å². The molecule has 0 aliphatic heterocycles. The fraction of sp³-hybridized carbons (Fsp3) is 0.727. The van der Waals surface area contributed by atoms with Gasteiger partial charge in [0.1, 0.15) is 0 Å². The van der Waals surface area contributed by atoms with E-state index in [0.717, 1.165) is 18.8 Å². The van der Waals surface area contributed by atoms with Crippen molar-refractivity contribution in [2.45, 2.75) is 38.6 Å². The molecule has 1 aromatic rings. The Labute approximate surface area is 94.8 Å². The highest BCUT2D eigenvalue weighted by Crippen LogP contribution is 2.31. The highest BCUT2D eigenvalue weighted by molar-refractivity contribution is 5.86. The number of carbonyl (C=O) groups excluding carboxylic acids is 1. The summed E-state index contributed by atoms with van der Waals surface area (Å²) in [4.78, 5) is 11.2. The molecule has 0 spiro atoms. The van der Waals surface area contributed by atoms with Gasteiger partial charge in [-0.1, -0.05) is 12.1 Å². The summed E-state index contributed by atoms with van der Waals surface area (Å²) in [6, 6.07) is 0.391. The Bertz CT molecular complexity index is 367. The summed E-state index contributed by atoms with van der Waals surface area (Å²) in [5, 5.41) is 7.82. The molecule has 0 bridgehead atoms. The molecule has 88 valence electrons. The summed E-state index contributed by atoms with van der Waals surface area (Å²) in [5.41, 5.74) is 0.293. The van der Waals surface area contributed by atoms with Crippen molar-refractivity contribution in [3.05, 3.63) is 11.9 Å². The number of hydrogen-bond donors (Lipinski definition) is 0. The van der Waals surface area contributed by atoms with Gasteiger partial charge in [0.15, 0.2) is 5.69 Å². The largest absolute Gasteiger partial charge is 0.464 e. The molecule has 5 nitrogen and oxygen atoms in total. The van der Waals surface area contributed by atoms with Crippen LogP contribution in [0.4, 0.5) is 0 Å². The first kappa shape index (κ1) is 11.1. The van der Waals surface area contributed by atoms with Gasteiger partial charge < -0.3 is 4.74 Å². The lowest BCUT2D eigenvalue weighted by molar-refractivity contribution is 0.0594. The molecule has 1 fully saturated rings. The minimum absolute atomic E-state index is 0.293. The number of aromatic nitrogens is 3. The number of nitrogens with zero attached hydrogens (tertiary/aromatic N) is 3. The van der Waals surface area contributed by atoms with Gasteiger partial charge in [-0.05, 0) is 31.6 Å². The predicted molar refractivity (Wildman–Crippen MR) is 58.0 cm³/mol. The molecule has 1 saturated carbocycles. The Morgan fingerprint density at radius 1 is 1.44 bits per heavy atom. The van der Waals surface area contributed by atoms with Gasteiger partial charge in [-0.3, -0.25) is 0 Å². The van der Waals surface area contributed by atoms with Gasteiger partial charge in [0.05, 0.1) is 19.3 Å². The molecule has 16 heavy (non-hydrogen) atoms. The second-order valence-corrected chi connectivity index (χ2v) is 4.49. The van der Waals surface area contributed by atoms with Crippen LogP contribution >= 0.6 is 0 Å². The van der Waals surface area contributed by atoms with E-state index in [0.29, 0.717) is 11.7 Å². The van der Waals surface area contributed by atoms with Crippen LogP contribution in [-0.4, -0.2) is 28.1 Å². The summed E-state index contributed by atoms with van der Waals surface area (Å²) in [7, 11) is 1.35. The fourth-order valence-corrected chi connectivity index (χ4v) is 2.16. The molecule has 0 radical (unpaired) electrons. The van der Waals surface area contributed by atoms with Crippen LogP contribution in [0.1, 0.15) is 49.1 Å². The number of methoxy groups -OCH3 is 1. The van der Waals surface area contributed by atoms with E-state index in [1.807, 2.05) is 0 Å². The Kier molecular flexibility index (Phi) is 3.22. The zero-order chi connectivity index (χ0) is 11.5. The van der Waals surface area contributed by atoms with Gasteiger partial charge in [0.25, 0.3) is 0 Å². The van der Waals surface area contributed by atoms with Gasteiger partial charge in [0.2, 0.25) is 0 Å². The summed E-state index contributed by atoms with van der Waals surface area (Å²) in [5.74, 6) is 0.385. The van der Waals surface area contributed by atoms with Gasteiger partial charge in [0, 0.05) is 0 Å². The standard InChI is InChI=1S/C11H17N3O2/c1-8-3-5-9(6-4-8)14-7-10(12-13-14)11(15)16-2/h7-9H,3-6H2,1-2H3. The highest BCUT2D eigenvalue weighted by Gasteiger charge is 2.21. The molecule has 1 heterocycles. The van der Waals surface area contributed by atoms with Gasteiger partial charge in [-0.2, -0.15) is 0 Å². The van der Waals surface area contributed by atoms with E-state index in [1.54, 1.807) is 10.9 Å². The van der Waals surface area contributed by atoms with Crippen molar-refractivity contribution in [2.75, 3.05) is 7.11 Å². The molecular weight excluding hydrogens is 206 g/mol. The van der Waals surface area contributed by atoms with E-state index in [-0.39, 0.29) is 0 Å².